The maximum Gasteiger partial charge on any atom is 0.410 e. The van der Waals surface area contributed by atoms with Crippen molar-refractivity contribution in [3.05, 3.63) is 24.5 Å². The second kappa shape index (κ2) is 4.30. The summed E-state index contributed by atoms with van der Waals surface area (Å²) in [5.41, 5.74) is 0.610. The minimum atomic E-state index is -3.17. The highest BCUT2D eigenvalue weighted by atomic mass is 32.2. The molecule has 0 aliphatic rings. The predicted molar refractivity (Wildman–Crippen MR) is 66.2 cm³/mol. The van der Waals surface area contributed by atoms with Crippen LogP contribution < -0.4 is 5.32 Å². The number of fused-ring (bicyclic) bond motifs is 1. The average molecular weight is 269 g/mol. The molecule has 8 heteroatoms. The number of amides is 1. The summed E-state index contributed by atoms with van der Waals surface area (Å²) in [5.74, 6) is -0.00372. The molecule has 0 aliphatic heterocycles. The van der Waals surface area contributed by atoms with Gasteiger partial charge in [0.1, 0.15) is 11.7 Å². The van der Waals surface area contributed by atoms with Gasteiger partial charge in [0.15, 0.2) is 9.84 Å². The summed E-state index contributed by atoms with van der Waals surface area (Å²) >= 11 is 0. The van der Waals surface area contributed by atoms with Gasteiger partial charge in [-0.3, -0.25) is 5.32 Å². The summed E-state index contributed by atoms with van der Waals surface area (Å²) in [7, 11) is -3.17. The summed E-state index contributed by atoms with van der Waals surface area (Å²) in [6.07, 6.45) is 3.02. The number of sulfone groups is 1. The molecule has 0 fully saturated rings. The van der Waals surface area contributed by atoms with E-state index in [1.165, 1.54) is 16.8 Å². The number of hydrogen-bond donors (Lipinski definition) is 2. The molecule has 0 atom stereocenters. The van der Waals surface area contributed by atoms with E-state index in [4.69, 9.17) is 5.11 Å². The van der Waals surface area contributed by atoms with Crippen molar-refractivity contribution in [3.63, 3.8) is 0 Å². The lowest BCUT2D eigenvalue weighted by Crippen LogP contribution is -2.10. The number of anilines is 1. The van der Waals surface area contributed by atoms with Gasteiger partial charge in [-0.05, 0) is 6.07 Å². The minimum Gasteiger partial charge on any atom is -0.465 e. The molecule has 2 N–H and O–H groups in total. The van der Waals surface area contributed by atoms with Crippen LogP contribution in [0.15, 0.2) is 24.5 Å². The van der Waals surface area contributed by atoms with Crippen molar-refractivity contribution < 1.29 is 18.3 Å². The molecular weight excluding hydrogens is 258 g/mol. The third-order valence-electron chi connectivity index (χ3n) is 2.26. The van der Waals surface area contributed by atoms with Gasteiger partial charge in [0.25, 0.3) is 0 Å². The van der Waals surface area contributed by atoms with Crippen LogP contribution in [0.1, 0.15) is 0 Å². The molecule has 2 rings (SSSR count). The van der Waals surface area contributed by atoms with E-state index in [-0.39, 0.29) is 11.7 Å². The number of nitrogens with zero attached hydrogens (tertiary/aromatic N) is 2. The van der Waals surface area contributed by atoms with E-state index in [2.05, 4.69) is 10.3 Å². The van der Waals surface area contributed by atoms with Crippen LogP contribution in [0.5, 0.6) is 0 Å². The van der Waals surface area contributed by atoms with Crippen LogP contribution in [0.4, 0.5) is 10.6 Å². The highest BCUT2D eigenvalue weighted by Crippen LogP contribution is 2.18. The van der Waals surface area contributed by atoms with Crippen LogP contribution in [-0.2, 0) is 15.7 Å². The van der Waals surface area contributed by atoms with Gasteiger partial charge in [-0.2, -0.15) is 0 Å². The van der Waals surface area contributed by atoms with Crippen molar-refractivity contribution in [3.8, 4) is 0 Å². The second-order valence-corrected chi connectivity index (χ2v) is 6.01. The topological polar surface area (TPSA) is 101 Å². The average Bonchev–Trinajstić information content (AvgIpc) is 2.58. The fraction of sp³-hybridized carbons (Fsp3) is 0.200. The van der Waals surface area contributed by atoms with Gasteiger partial charge in [-0.1, -0.05) is 0 Å². The predicted octanol–water partition coefficient (Wildman–Crippen LogP) is 1.13. The van der Waals surface area contributed by atoms with Gasteiger partial charge < -0.3 is 9.67 Å². The molecule has 0 aliphatic carbocycles. The molecule has 2 aromatic rings. The number of hydrogen-bond acceptors (Lipinski definition) is 4. The van der Waals surface area contributed by atoms with E-state index < -0.39 is 15.9 Å². The largest absolute Gasteiger partial charge is 0.465 e. The first-order valence-electron chi connectivity index (χ1n) is 4.98. The van der Waals surface area contributed by atoms with Crippen molar-refractivity contribution in [2.24, 2.45) is 0 Å². The van der Waals surface area contributed by atoms with E-state index in [9.17, 15) is 13.2 Å². The zero-order valence-electron chi connectivity index (χ0n) is 9.49. The molecule has 0 spiro atoms. The normalized spacial score (nSPS) is 11.6. The fourth-order valence-electron chi connectivity index (χ4n) is 1.63. The highest BCUT2D eigenvalue weighted by Gasteiger charge is 2.09. The molecule has 0 saturated carbocycles. The Kier molecular flexibility index (Phi) is 2.95. The van der Waals surface area contributed by atoms with E-state index >= 15 is 0 Å². The Bertz CT molecular complexity index is 705. The molecule has 7 nitrogen and oxygen atoms in total. The van der Waals surface area contributed by atoms with Crippen molar-refractivity contribution in [1.82, 2.24) is 9.55 Å². The lowest BCUT2D eigenvalue weighted by molar-refractivity contribution is 0.209. The molecule has 0 bridgehead atoms. The second-order valence-electron chi connectivity index (χ2n) is 3.90. The summed E-state index contributed by atoms with van der Waals surface area (Å²) in [6.45, 7) is 0. The first kappa shape index (κ1) is 12.4. The maximum atomic E-state index is 11.3. The minimum absolute atomic E-state index is 0.156. The molecule has 96 valence electrons. The zero-order chi connectivity index (χ0) is 13.3. The Morgan fingerprint density at radius 1 is 1.56 bits per heavy atom. The zero-order valence-corrected chi connectivity index (χ0v) is 10.3. The van der Waals surface area contributed by atoms with Crippen LogP contribution in [0.3, 0.4) is 0 Å². The Hall–Kier alpha value is -2.09. The lowest BCUT2D eigenvalue weighted by atomic mass is 10.3. The van der Waals surface area contributed by atoms with Crippen LogP contribution in [0.2, 0.25) is 0 Å². The summed E-state index contributed by atoms with van der Waals surface area (Å²) in [5, 5.41) is 11.5. The quantitative estimate of drug-likeness (QED) is 0.869. The fourth-order valence-corrected chi connectivity index (χ4v) is 2.36. The molecule has 1 amide bonds. The van der Waals surface area contributed by atoms with Crippen molar-refractivity contribution >= 4 is 32.7 Å². The summed E-state index contributed by atoms with van der Waals surface area (Å²) in [4.78, 5) is 14.4. The highest BCUT2D eigenvalue weighted by molar-refractivity contribution is 7.89. The molecule has 2 aromatic heterocycles. The smallest absolute Gasteiger partial charge is 0.410 e. The Labute approximate surface area is 103 Å². The van der Waals surface area contributed by atoms with Gasteiger partial charge in [0.2, 0.25) is 0 Å². The Balaban J connectivity index is 2.46. The number of carboxylic acid groups (broad SMARTS) is 1. The first-order chi connectivity index (χ1) is 8.35. The molecule has 0 unspecified atom stereocenters. The van der Waals surface area contributed by atoms with Crippen molar-refractivity contribution in [2.75, 3.05) is 11.6 Å². The maximum absolute atomic E-state index is 11.3. The number of nitrogens with one attached hydrogen (secondary N) is 1. The molecular formula is C10H11N3O4S. The third-order valence-corrected chi connectivity index (χ3v) is 3.01. The SMILES string of the molecule is CS(=O)(=O)Cn1ccc2cnc(NC(=O)O)cc21. The van der Waals surface area contributed by atoms with Gasteiger partial charge in [0, 0.05) is 30.1 Å². The van der Waals surface area contributed by atoms with E-state index in [1.54, 1.807) is 12.3 Å². The number of pyridine rings is 1. The van der Waals surface area contributed by atoms with Crippen LogP contribution in [0, 0.1) is 0 Å². The van der Waals surface area contributed by atoms with E-state index in [0.29, 0.717) is 5.52 Å². The molecule has 0 aromatic carbocycles. The third kappa shape index (κ3) is 2.77. The van der Waals surface area contributed by atoms with Gasteiger partial charge in [-0.25, -0.2) is 18.2 Å². The van der Waals surface area contributed by atoms with Crippen LogP contribution in [0.25, 0.3) is 10.9 Å². The molecule has 2 heterocycles. The Morgan fingerprint density at radius 3 is 2.89 bits per heavy atom. The molecule has 18 heavy (non-hydrogen) atoms. The number of carbonyl (C=O) groups is 1. The van der Waals surface area contributed by atoms with Gasteiger partial charge in [-0.15, -0.1) is 0 Å². The van der Waals surface area contributed by atoms with Crippen LogP contribution >= 0.6 is 0 Å². The number of aromatic nitrogens is 2. The van der Waals surface area contributed by atoms with Gasteiger partial charge >= 0.3 is 6.09 Å². The van der Waals surface area contributed by atoms with E-state index in [0.717, 1.165) is 11.6 Å². The summed E-state index contributed by atoms with van der Waals surface area (Å²) in [6, 6.07) is 3.21. The van der Waals surface area contributed by atoms with Crippen LogP contribution in [-0.4, -0.2) is 35.4 Å². The first-order valence-corrected chi connectivity index (χ1v) is 7.04. The monoisotopic (exact) mass is 269 g/mol. The van der Waals surface area contributed by atoms with Crippen molar-refractivity contribution in [1.29, 1.82) is 0 Å². The molecule has 0 saturated heterocycles. The van der Waals surface area contributed by atoms with Gasteiger partial charge in [0.05, 0.1) is 5.52 Å². The molecule has 0 radical (unpaired) electrons. The Morgan fingerprint density at radius 2 is 2.28 bits per heavy atom. The lowest BCUT2D eigenvalue weighted by Gasteiger charge is -2.05. The van der Waals surface area contributed by atoms with Crippen molar-refractivity contribution in [2.45, 2.75) is 5.88 Å². The standard InChI is InChI=1S/C10H11N3O4S/c1-18(16,17)6-13-3-2-7-5-11-9(4-8(7)13)12-10(14)15/h2-5H,6H2,1H3,(H,11,12)(H,14,15). The van der Waals surface area contributed by atoms with E-state index in [1.807, 2.05) is 0 Å². The number of rotatable bonds is 3. The summed E-state index contributed by atoms with van der Waals surface area (Å²) < 4.78 is 24.0.